The van der Waals surface area contributed by atoms with Gasteiger partial charge >= 0.3 is 0 Å². The van der Waals surface area contributed by atoms with E-state index in [2.05, 4.69) is 52.6 Å². The van der Waals surface area contributed by atoms with Gasteiger partial charge in [-0.1, -0.05) is 0 Å². The normalized spacial score (nSPS) is 14.8. The van der Waals surface area contributed by atoms with Crippen LogP contribution in [0, 0.1) is 6.92 Å². The van der Waals surface area contributed by atoms with Gasteiger partial charge in [0.15, 0.2) is 11.0 Å². The van der Waals surface area contributed by atoms with Crippen molar-refractivity contribution < 1.29 is 0 Å². The molecule has 2 N–H and O–H groups in total. The summed E-state index contributed by atoms with van der Waals surface area (Å²) in [6, 6.07) is 4.20. The summed E-state index contributed by atoms with van der Waals surface area (Å²) < 4.78 is 2.11. The van der Waals surface area contributed by atoms with Crippen LogP contribution in [0.4, 0.5) is 16.8 Å². The summed E-state index contributed by atoms with van der Waals surface area (Å²) in [6.07, 6.45) is 7.31. The Hall–Kier alpha value is -3.24. The number of hydrogen-bond donors (Lipinski definition) is 2. The van der Waals surface area contributed by atoms with Crippen LogP contribution in [0.1, 0.15) is 11.4 Å². The van der Waals surface area contributed by atoms with Crippen molar-refractivity contribution in [3.8, 4) is 11.5 Å². The first-order chi connectivity index (χ1) is 15.2. The number of aromatic nitrogens is 6. The lowest BCUT2D eigenvalue weighted by Gasteiger charge is -2.36. The molecule has 1 aliphatic rings. The van der Waals surface area contributed by atoms with Crippen molar-refractivity contribution in [1.29, 1.82) is 0 Å². The minimum Gasteiger partial charge on any atom is -0.368 e. The fraction of sp³-hybridized carbons (Fsp3) is 0.333. The first-order valence-corrected chi connectivity index (χ1v) is 11.2. The van der Waals surface area contributed by atoms with Crippen LogP contribution < -0.4 is 10.2 Å². The standard InChI is InChI=1S/C21H25N9S/c1-15-18(4-3-17(26-15)19-22-5-6-23-19)30-10-8-29(9-11-30)14-16-13-25-20(28(16)2)27-21-24-7-12-31-21/h3-7,12-13H,8-11,14H2,1-2H3,(H,22,23)(H,24,25,27). The van der Waals surface area contributed by atoms with E-state index in [1.807, 2.05) is 30.9 Å². The molecule has 0 bridgehead atoms. The molecule has 0 unspecified atom stereocenters. The summed E-state index contributed by atoms with van der Waals surface area (Å²) in [5.74, 6) is 1.63. The zero-order chi connectivity index (χ0) is 21.2. The maximum atomic E-state index is 4.75. The molecule has 0 aromatic carbocycles. The van der Waals surface area contributed by atoms with E-state index < -0.39 is 0 Å². The number of nitrogens with one attached hydrogen (secondary N) is 2. The Balaban J connectivity index is 1.20. The molecule has 1 saturated heterocycles. The van der Waals surface area contributed by atoms with E-state index in [9.17, 15) is 0 Å². The molecule has 0 spiro atoms. The van der Waals surface area contributed by atoms with Gasteiger partial charge < -0.3 is 19.8 Å². The molecule has 4 aromatic rings. The average Bonchev–Trinajstić information content (AvgIpc) is 3.55. The number of anilines is 3. The number of H-pyrrole nitrogens is 1. The first-order valence-electron chi connectivity index (χ1n) is 10.3. The smallest absolute Gasteiger partial charge is 0.209 e. The average molecular weight is 436 g/mol. The maximum absolute atomic E-state index is 4.75. The number of aromatic amines is 1. The van der Waals surface area contributed by atoms with Gasteiger partial charge in [-0.15, -0.1) is 11.3 Å². The van der Waals surface area contributed by atoms with Crippen LogP contribution >= 0.6 is 11.3 Å². The lowest BCUT2D eigenvalue weighted by atomic mass is 10.2. The first kappa shape index (κ1) is 19.7. The quantitative estimate of drug-likeness (QED) is 0.481. The van der Waals surface area contributed by atoms with E-state index in [1.54, 1.807) is 23.7 Å². The largest absolute Gasteiger partial charge is 0.368 e. The molecular formula is C21H25N9S. The Kier molecular flexibility index (Phi) is 5.39. The maximum Gasteiger partial charge on any atom is 0.209 e. The van der Waals surface area contributed by atoms with Gasteiger partial charge in [-0.2, -0.15) is 0 Å². The molecule has 0 saturated carbocycles. The molecule has 10 heteroatoms. The molecule has 5 rings (SSSR count). The molecule has 5 heterocycles. The number of thiazole rings is 1. The van der Waals surface area contributed by atoms with Gasteiger partial charge in [0.2, 0.25) is 5.95 Å². The van der Waals surface area contributed by atoms with Crippen molar-refractivity contribution in [3.05, 3.63) is 53.7 Å². The number of pyridine rings is 1. The summed E-state index contributed by atoms with van der Waals surface area (Å²) in [6.45, 7) is 6.90. The molecular weight excluding hydrogens is 410 g/mol. The third kappa shape index (κ3) is 4.17. The van der Waals surface area contributed by atoms with Crippen molar-refractivity contribution >= 4 is 28.1 Å². The van der Waals surface area contributed by atoms with Crippen LogP contribution in [0.15, 0.2) is 42.3 Å². The fourth-order valence-corrected chi connectivity index (χ4v) is 4.41. The number of rotatable bonds is 6. The van der Waals surface area contributed by atoms with Crippen LogP contribution in [0.5, 0.6) is 0 Å². The highest BCUT2D eigenvalue weighted by molar-refractivity contribution is 7.13. The van der Waals surface area contributed by atoms with Crippen LogP contribution in [0.3, 0.4) is 0 Å². The van der Waals surface area contributed by atoms with E-state index in [0.29, 0.717) is 0 Å². The molecule has 1 fully saturated rings. The highest BCUT2D eigenvalue weighted by atomic mass is 32.1. The van der Waals surface area contributed by atoms with E-state index in [1.165, 1.54) is 11.4 Å². The lowest BCUT2D eigenvalue weighted by molar-refractivity contribution is 0.245. The molecule has 0 radical (unpaired) electrons. The van der Waals surface area contributed by atoms with Crippen LogP contribution in [-0.4, -0.2) is 60.6 Å². The van der Waals surface area contributed by atoms with Crippen molar-refractivity contribution in [3.63, 3.8) is 0 Å². The summed E-state index contributed by atoms with van der Waals surface area (Å²) >= 11 is 1.57. The number of nitrogens with zero attached hydrogens (tertiary/aromatic N) is 7. The highest BCUT2D eigenvalue weighted by Gasteiger charge is 2.21. The van der Waals surface area contributed by atoms with E-state index in [0.717, 1.165) is 61.0 Å². The fourth-order valence-electron chi connectivity index (χ4n) is 3.89. The monoisotopic (exact) mass is 435 g/mol. The minimum absolute atomic E-state index is 0.805. The molecule has 0 amide bonds. The number of imidazole rings is 2. The van der Waals surface area contributed by atoms with Gasteiger partial charge in [0.1, 0.15) is 5.69 Å². The molecule has 4 aromatic heterocycles. The SMILES string of the molecule is Cc1nc(-c2ncc[nH]2)ccc1N1CCN(Cc2cnc(Nc3nccs3)n2C)CC1. The predicted molar refractivity (Wildman–Crippen MR) is 123 cm³/mol. The number of aryl methyl sites for hydroxylation is 1. The van der Waals surface area contributed by atoms with Crippen LogP contribution in [0.25, 0.3) is 11.5 Å². The Morgan fingerprint density at radius 3 is 2.68 bits per heavy atom. The predicted octanol–water partition coefficient (Wildman–Crippen LogP) is 3.04. The summed E-state index contributed by atoms with van der Waals surface area (Å²) in [7, 11) is 2.05. The number of piperazine rings is 1. The van der Waals surface area contributed by atoms with Gasteiger partial charge in [0.25, 0.3) is 0 Å². The minimum atomic E-state index is 0.805. The molecule has 1 aliphatic heterocycles. The van der Waals surface area contributed by atoms with Gasteiger partial charge in [-0.3, -0.25) is 4.90 Å². The van der Waals surface area contributed by atoms with Gasteiger partial charge in [-0.25, -0.2) is 19.9 Å². The van der Waals surface area contributed by atoms with Crippen LogP contribution in [-0.2, 0) is 13.6 Å². The van der Waals surface area contributed by atoms with Gasteiger partial charge in [-0.05, 0) is 19.1 Å². The second kappa shape index (κ2) is 8.48. The van der Waals surface area contributed by atoms with E-state index in [4.69, 9.17) is 4.98 Å². The molecule has 31 heavy (non-hydrogen) atoms. The topological polar surface area (TPSA) is 90.8 Å². The zero-order valence-electron chi connectivity index (χ0n) is 17.6. The Labute approximate surface area is 184 Å². The van der Waals surface area contributed by atoms with Crippen molar-refractivity contribution in [2.24, 2.45) is 7.05 Å². The zero-order valence-corrected chi connectivity index (χ0v) is 18.4. The highest BCUT2D eigenvalue weighted by Crippen LogP contribution is 2.24. The van der Waals surface area contributed by atoms with E-state index >= 15 is 0 Å². The molecule has 9 nitrogen and oxygen atoms in total. The second-order valence-electron chi connectivity index (χ2n) is 7.60. The van der Waals surface area contributed by atoms with Crippen molar-refractivity contribution in [2.45, 2.75) is 13.5 Å². The lowest BCUT2D eigenvalue weighted by Crippen LogP contribution is -2.46. The molecule has 0 atom stereocenters. The van der Waals surface area contributed by atoms with Crippen molar-refractivity contribution in [2.75, 3.05) is 36.4 Å². The Morgan fingerprint density at radius 1 is 1.10 bits per heavy atom. The third-order valence-electron chi connectivity index (χ3n) is 5.63. The van der Waals surface area contributed by atoms with Crippen molar-refractivity contribution in [1.82, 2.24) is 34.4 Å². The summed E-state index contributed by atoms with van der Waals surface area (Å²) in [5, 5.41) is 6.09. The third-order valence-corrected chi connectivity index (χ3v) is 6.32. The van der Waals surface area contributed by atoms with Gasteiger partial charge in [0.05, 0.1) is 23.3 Å². The van der Waals surface area contributed by atoms with E-state index in [-0.39, 0.29) is 0 Å². The molecule has 0 aliphatic carbocycles. The Bertz CT molecular complexity index is 1130. The van der Waals surface area contributed by atoms with Gasteiger partial charge in [0, 0.05) is 63.7 Å². The second-order valence-corrected chi connectivity index (χ2v) is 8.49. The summed E-state index contributed by atoms with van der Waals surface area (Å²) in [5.41, 5.74) is 4.30. The van der Waals surface area contributed by atoms with Crippen LogP contribution in [0.2, 0.25) is 0 Å². The molecule has 160 valence electrons. The summed E-state index contributed by atoms with van der Waals surface area (Å²) in [4.78, 5) is 25.9. The Morgan fingerprint density at radius 2 is 1.97 bits per heavy atom. The number of hydrogen-bond acceptors (Lipinski definition) is 8.